The Labute approximate surface area is 220 Å². The van der Waals surface area contributed by atoms with E-state index in [1.54, 1.807) is 0 Å². The summed E-state index contributed by atoms with van der Waals surface area (Å²) in [5, 5.41) is 0. The molecule has 1 aromatic rings. The van der Waals surface area contributed by atoms with Gasteiger partial charge in [0.25, 0.3) is 0 Å². The number of likely N-dealkylation sites (tertiary alicyclic amines) is 2. The van der Waals surface area contributed by atoms with Crippen LogP contribution < -0.4 is 0 Å². The van der Waals surface area contributed by atoms with Gasteiger partial charge < -0.3 is 9.47 Å². The van der Waals surface area contributed by atoms with Gasteiger partial charge in [-0.25, -0.2) is 9.59 Å². The number of nitrogens with zero attached hydrogens (tertiary/aromatic N) is 2. The molecule has 10 heteroatoms. The molecule has 2 heterocycles. The number of benzene rings is 1. The van der Waals surface area contributed by atoms with Gasteiger partial charge in [0.15, 0.2) is 0 Å². The molecule has 1 aromatic carbocycles. The molecule has 2 aliphatic carbocycles. The molecule has 4 atom stereocenters. The van der Waals surface area contributed by atoms with E-state index in [9.17, 15) is 28.8 Å². The van der Waals surface area contributed by atoms with Crippen molar-refractivity contribution in [1.29, 1.82) is 0 Å². The van der Waals surface area contributed by atoms with Crippen LogP contribution in [0.15, 0.2) is 24.3 Å². The molecule has 2 saturated heterocycles. The quantitative estimate of drug-likeness (QED) is 0.375. The van der Waals surface area contributed by atoms with Gasteiger partial charge in [0.1, 0.15) is 13.2 Å². The summed E-state index contributed by atoms with van der Waals surface area (Å²) in [5.41, 5.74) is 0.252. The first kappa shape index (κ1) is 26.1. The lowest BCUT2D eigenvalue weighted by molar-refractivity contribution is -0.142. The molecule has 0 N–H and O–H groups in total. The maximum Gasteiger partial charge on any atom is 0.338 e. The van der Waals surface area contributed by atoms with Crippen molar-refractivity contribution >= 4 is 35.6 Å². The average molecular weight is 525 g/mol. The van der Waals surface area contributed by atoms with Crippen LogP contribution in [-0.2, 0) is 28.7 Å². The van der Waals surface area contributed by atoms with Crippen molar-refractivity contribution in [3.05, 3.63) is 35.4 Å². The second-order valence-electron chi connectivity index (χ2n) is 10.5. The molecule has 5 rings (SSSR count). The highest BCUT2D eigenvalue weighted by Crippen LogP contribution is 2.38. The normalized spacial score (nSPS) is 26.8. The number of rotatable bonds is 8. The summed E-state index contributed by atoms with van der Waals surface area (Å²) in [5.74, 6) is -3.11. The molecule has 0 bridgehead atoms. The summed E-state index contributed by atoms with van der Waals surface area (Å²) in [6.07, 6.45) is 6.66. The van der Waals surface area contributed by atoms with Crippen molar-refractivity contribution in [2.75, 3.05) is 26.3 Å². The lowest BCUT2D eigenvalue weighted by Gasteiger charge is -2.19. The molecule has 0 radical (unpaired) electrons. The first-order valence-corrected chi connectivity index (χ1v) is 13.5. The van der Waals surface area contributed by atoms with E-state index in [2.05, 4.69) is 0 Å². The Morgan fingerprint density at radius 3 is 1.32 bits per heavy atom. The van der Waals surface area contributed by atoms with Gasteiger partial charge in [0.05, 0.1) is 47.9 Å². The van der Waals surface area contributed by atoms with Crippen molar-refractivity contribution in [3.8, 4) is 0 Å². The maximum absolute atomic E-state index is 12.6. The molecule has 2 aliphatic heterocycles. The molecule has 4 amide bonds. The summed E-state index contributed by atoms with van der Waals surface area (Å²) >= 11 is 0. The zero-order valence-corrected chi connectivity index (χ0v) is 21.3. The van der Waals surface area contributed by atoms with Crippen molar-refractivity contribution in [3.63, 3.8) is 0 Å². The van der Waals surface area contributed by atoms with E-state index in [0.29, 0.717) is 0 Å². The zero-order valence-electron chi connectivity index (χ0n) is 21.3. The lowest BCUT2D eigenvalue weighted by atomic mass is 9.81. The third-order valence-corrected chi connectivity index (χ3v) is 8.29. The fraction of sp³-hybridized carbons (Fsp3) is 0.571. The third-order valence-electron chi connectivity index (χ3n) is 8.29. The number of imide groups is 2. The van der Waals surface area contributed by atoms with Gasteiger partial charge in [-0.2, -0.15) is 0 Å². The fourth-order valence-corrected chi connectivity index (χ4v) is 6.30. The number of carbonyl (C=O) groups is 6. The van der Waals surface area contributed by atoms with E-state index < -0.39 is 11.9 Å². The van der Waals surface area contributed by atoms with E-state index >= 15 is 0 Å². The van der Waals surface area contributed by atoms with Crippen molar-refractivity contribution < 1.29 is 38.2 Å². The Kier molecular flexibility index (Phi) is 7.58. The largest absolute Gasteiger partial charge is 0.460 e. The monoisotopic (exact) mass is 524 g/mol. The van der Waals surface area contributed by atoms with E-state index in [4.69, 9.17) is 9.47 Å². The van der Waals surface area contributed by atoms with Crippen LogP contribution in [0.2, 0.25) is 0 Å². The Morgan fingerprint density at radius 2 is 0.974 bits per heavy atom. The molecule has 0 spiro atoms. The summed E-state index contributed by atoms with van der Waals surface area (Å²) in [4.78, 5) is 77.7. The molecule has 10 nitrogen and oxygen atoms in total. The highest BCUT2D eigenvalue weighted by atomic mass is 16.5. The predicted octanol–water partition coefficient (Wildman–Crippen LogP) is 2.35. The van der Waals surface area contributed by atoms with Crippen molar-refractivity contribution in [2.45, 2.75) is 51.4 Å². The molecule has 4 aliphatic rings. The summed E-state index contributed by atoms with van der Waals surface area (Å²) in [7, 11) is 0. The minimum Gasteiger partial charge on any atom is -0.460 e. The van der Waals surface area contributed by atoms with Gasteiger partial charge in [0.2, 0.25) is 23.6 Å². The van der Waals surface area contributed by atoms with Gasteiger partial charge in [-0.15, -0.1) is 0 Å². The second-order valence-corrected chi connectivity index (χ2v) is 10.5. The third kappa shape index (κ3) is 4.96. The average Bonchev–Trinajstić information content (AvgIpc) is 3.33. The van der Waals surface area contributed by atoms with E-state index in [1.165, 1.54) is 34.1 Å². The summed E-state index contributed by atoms with van der Waals surface area (Å²) in [6.45, 7) is -0.254. The minimum absolute atomic E-state index is 0.00773. The Morgan fingerprint density at radius 1 is 0.632 bits per heavy atom. The van der Waals surface area contributed by atoms with Crippen LogP contribution in [0.4, 0.5) is 0 Å². The number of esters is 2. The SMILES string of the molecule is O=C(OCCN1C(=O)C2CCCCC2C1=O)c1cccc(C(=O)OCCN2C(=O)C3CCCCC3C2=O)c1. The molecular weight excluding hydrogens is 492 g/mol. The van der Waals surface area contributed by atoms with Crippen LogP contribution in [0.5, 0.6) is 0 Å². The zero-order chi connectivity index (χ0) is 26.8. The van der Waals surface area contributed by atoms with E-state index in [0.717, 1.165) is 51.4 Å². The second kappa shape index (κ2) is 11.0. The minimum atomic E-state index is -0.688. The van der Waals surface area contributed by atoms with Gasteiger partial charge >= 0.3 is 11.9 Å². The summed E-state index contributed by atoms with van der Waals surface area (Å²) in [6, 6.07) is 5.84. The number of amides is 4. The van der Waals surface area contributed by atoms with Crippen LogP contribution in [-0.4, -0.2) is 71.7 Å². The highest BCUT2D eigenvalue weighted by Gasteiger charge is 2.48. The fourth-order valence-electron chi connectivity index (χ4n) is 6.30. The number of ether oxygens (including phenoxy) is 2. The number of hydrogen-bond donors (Lipinski definition) is 0. The Balaban J connectivity index is 1.10. The molecule has 38 heavy (non-hydrogen) atoms. The molecule has 0 aromatic heterocycles. The lowest BCUT2D eigenvalue weighted by Crippen LogP contribution is -2.34. The van der Waals surface area contributed by atoms with Gasteiger partial charge in [0, 0.05) is 0 Å². The molecule has 202 valence electrons. The highest BCUT2D eigenvalue weighted by molar-refractivity contribution is 6.06. The molecule has 4 fully saturated rings. The van der Waals surface area contributed by atoms with Gasteiger partial charge in [-0.3, -0.25) is 29.0 Å². The van der Waals surface area contributed by atoms with Crippen LogP contribution in [0.25, 0.3) is 0 Å². The van der Waals surface area contributed by atoms with Gasteiger partial charge in [-0.1, -0.05) is 31.7 Å². The molecular formula is C28H32N2O8. The summed E-state index contributed by atoms with van der Waals surface area (Å²) < 4.78 is 10.5. The Hall–Kier alpha value is -3.56. The van der Waals surface area contributed by atoms with Crippen LogP contribution >= 0.6 is 0 Å². The Bertz CT molecular complexity index is 1030. The van der Waals surface area contributed by atoms with Crippen LogP contribution in [0.1, 0.15) is 72.1 Å². The first-order chi connectivity index (χ1) is 18.4. The predicted molar refractivity (Wildman–Crippen MR) is 131 cm³/mol. The number of hydrogen-bond acceptors (Lipinski definition) is 8. The molecule has 2 saturated carbocycles. The van der Waals surface area contributed by atoms with Gasteiger partial charge in [-0.05, 0) is 43.9 Å². The van der Waals surface area contributed by atoms with Crippen LogP contribution in [0, 0.1) is 23.7 Å². The van der Waals surface area contributed by atoms with Crippen LogP contribution in [0.3, 0.4) is 0 Å². The smallest absolute Gasteiger partial charge is 0.338 e. The molecule has 4 unspecified atom stereocenters. The topological polar surface area (TPSA) is 127 Å². The first-order valence-electron chi connectivity index (χ1n) is 13.5. The number of fused-ring (bicyclic) bond motifs is 2. The number of carbonyl (C=O) groups excluding carboxylic acids is 6. The maximum atomic E-state index is 12.6. The standard InChI is InChI=1S/C28H32N2O8/c31-23-19-8-1-2-9-20(19)24(32)29(23)12-14-37-27(35)17-6-5-7-18(16-17)28(36)38-15-13-30-25(33)21-10-3-4-11-22(21)26(30)34/h5-7,16,19-22H,1-4,8-15H2. The van der Waals surface area contributed by atoms with Crippen molar-refractivity contribution in [1.82, 2.24) is 9.80 Å². The van der Waals surface area contributed by atoms with E-state index in [-0.39, 0.29) is 84.7 Å². The van der Waals surface area contributed by atoms with E-state index in [1.807, 2.05) is 0 Å². The van der Waals surface area contributed by atoms with Crippen molar-refractivity contribution in [2.24, 2.45) is 23.7 Å².